The van der Waals surface area contributed by atoms with Gasteiger partial charge in [0.05, 0.1) is 5.92 Å². The van der Waals surface area contributed by atoms with Gasteiger partial charge >= 0.3 is 5.97 Å². The lowest BCUT2D eigenvalue weighted by atomic mass is 9.83. The lowest BCUT2D eigenvalue weighted by Gasteiger charge is -2.35. The van der Waals surface area contributed by atoms with Gasteiger partial charge < -0.3 is 10.0 Å². The number of aliphatic carboxylic acids is 1. The number of carboxylic acids is 1. The molecule has 0 radical (unpaired) electrons. The number of carbonyl (C=O) groups is 1. The van der Waals surface area contributed by atoms with Crippen LogP contribution in [0.4, 0.5) is 0 Å². The van der Waals surface area contributed by atoms with Crippen molar-refractivity contribution in [3.8, 4) is 0 Å². The maximum absolute atomic E-state index is 11.6. The molecule has 2 rings (SSSR count). The van der Waals surface area contributed by atoms with Crippen molar-refractivity contribution >= 4 is 5.97 Å². The van der Waals surface area contributed by atoms with E-state index in [0.29, 0.717) is 12.6 Å². The molecule has 0 bridgehead atoms. The largest absolute Gasteiger partial charge is 0.481 e. The molecular weight excluding hydrogens is 262 g/mol. The first-order chi connectivity index (χ1) is 10.1. The molecule has 0 heterocycles. The molecule has 1 saturated carbocycles. The fraction of sp³-hybridized carbons (Fsp3) is 0.611. The highest BCUT2D eigenvalue weighted by Crippen LogP contribution is 2.30. The molecule has 1 N–H and O–H groups in total. The number of hydrogen-bond acceptors (Lipinski definition) is 2. The van der Waals surface area contributed by atoms with E-state index in [0.717, 1.165) is 11.5 Å². The Morgan fingerprint density at radius 2 is 1.86 bits per heavy atom. The van der Waals surface area contributed by atoms with Crippen LogP contribution in [0.15, 0.2) is 30.3 Å². The zero-order valence-corrected chi connectivity index (χ0v) is 13.2. The smallest absolute Gasteiger partial charge is 0.312 e. The van der Waals surface area contributed by atoms with E-state index in [9.17, 15) is 9.90 Å². The molecule has 0 aliphatic heterocycles. The van der Waals surface area contributed by atoms with Gasteiger partial charge in [0.25, 0.3) is 0 Å². The number of carboxylic acid groups (broad SMARTS) is 1. The molecule has 0 amide bonds. The van der Waals surface area contributed by atoms with Gasteiger partial charge in [-0.05, 0) is 44.2 Å². The van der Waals surface area contributed by atoms with Gasteiger partial charge in [-0.15, -0.1) is 0 Å². The standard InChI is InChI=1S/C18H27NO2/c1-3-14-9-11-16(12-10-14)19(2)13-17(18(20)21)15-7-5-4-6-8-15/h4-8,14,16-17H,3,9-13H2,1-2H3,(H,20,21). The number of nitrogens with zero attached hydrogens (tertiary/aromatic N) is 1. The van der Waals surface area contributed by atoms with Crippen molar-refractivity contribution in [1.82, 2.24) is 4.90 Å². The van der Waals surface area contributed by atoms with Gasteiger partial charge in [-0.1, -0.05) is 43.7 Å². The summed E-state index contributed by atoms with van der Waals surface area (Å²) in [6, 6.07) is 10.1. The summed E-state index contributed by atoms with van der Waals surface area (Å²) in [5.41, 5.74) is 0.902. The minimum absolute atomic E-state index is 0.430. The molecule has 1 aromatic carbocycles. The highest BCUT2D eigenvalue weighted by atomic mass is 16.4. The highest BCUT2D eigenvalue weighted by Gasteiger charge is 2.27. The van der Waals surface area contributed by atoms with Crippen LogP contribution in [0.1, 0.15) is 50.5 Å². The quantitative estimate of drug-likeness (QED) is 0.867. The third-order valence-electron chi connectivity index (χ3n) is 4.99. The molecule has 3 heteroatoms. The minimum atomic E-state index is -0.727. The Bertz CT molecular complexity index is 438. The summed E-state index contributed by atoms with van der Waals surface area (Å²) in [6.07, 6.45) is 6.26. The van der Waals surface area contributed by atoms with Gasteiger partial charge in [0.15, 0.2) is 0 Å². The average Bonchev–Trinajstić information content (AvgIpc) is 2.53. The molecule has 0 aromatic heterocycles. The lowest BCUT2D eigenvalue weighted by Crippen LogP contribution is -2.39. The van der Waals surface area contributed by atoms with Crippen LogP contribution in [0.3, 0.4) is 0 Å². The van der Waals surface area contributed by atoms with Gasteiger partial charge in [-0.3, -0.25) is 4.79 Å². The van der Waals surface area contributed by atoms with Crippen LogP contribution in [0.2, 0.25) is 0 Å². The molecule has 1 unspecified atom stereocenters. The summed E-state index contributed by atoms with van der Waals surface area (Å²) in [6.45, 7) is 2.87. The maximum atomic E-state index is 11.6. The maximum Gasteiger partial charge on any atom is 0.312 e. The van der Waals surface area contributed by atoms with Gasteiger partial charge in [0, 0.05) is 12.6 Å². The fourth-order valence-corrected chi connectivity index (χ4v) is 3.44. The Labute approximate surface area is 128 Å². The van der Waals surface area contributed by atoms with Crippen molar-refractivity contribution in [3.63, 3.8) is 0 Å². The average molecular weight is 289 g/mol. The first-order valence-corrected chi connectivity index (χ1v) is 8.09. The van der Waals surface area contributed by atoms with Crippen LogP contribution in [-0.4, -0.2) is 35.6 Å². The zero-order chi connectivity index (χ0) is 15.2. The Hall–Kier alpha value is -1.35. The zero-order valence-electron chi connectivity index (χ0n) is 13.2. The predicted octanol–water partition coefficient (Wildman–Crippen LogP) is 3.76. The molecule has 3 nitrogen and oxygen atoms in total. The molecular formula is C18H27NO2. The van der Waals surface area contributed by atoms with E-state index in [1.54, 1.807) is 0 Å². The molecule has 0 saturated heterocycles. The molecule has 1 atom stereocenters. The van der Waals surface area contributed by atoms with Crippen LogP contribution < -0.4 is 0 Å². The minimum Gasteiger partial charge on any atom is -0.481 e. The lowest BCUT2D eigenvalue weighted by molar-refractivity contribution is -0.139. The van der Waals surface area contributed by atoms with Crippen LogP contribution >= 0.6 is 0 Å². The van der Waals surface area contributed by atoms with E-state index in [1.165, 1.54) is 32.1 Å². The number of benzene rings is 1. The molecule has 1 aromatic rings. The van der Waals surface area contributed by atoms with E-state index in [1.807, 2.05) is 30.3 Å². The van der Waals surface area contributed by atoms with Crippen LogP contribution in [0, 0.1) is 5.92 Å². The molecule has 1 fully saturated rings. The summed E-state index contributed by atoms with van der Waals surface area (Å²) in [4.78, 5) is 13.9. The summed E-state index contributed by atoms with van der Waals surface area (Å²) in [7, 11) is 2.08. The Morgan fingerprint density at radius 3 is 2.38 bits per heavy atom. The van der Waals surface area contributed by atoms with Crippen molar-refractivity contribution < 1.29 is 9.90 Å². The number of hydrogen-bond donors (Lipinski definition) is 1. The summed E-state index contributed by atoms with van der Waals surface area (Å²) in [5.74, 6) is -0.283. The Kier molecular flexibility index (Phi) is 5.80. The summed E-state index contributed by atoms with van der Waals surface area (Å²) >= 11 is 0. The summed E-state index contributed by atoms with van der Waals surface area (Å²) < 4.78 is 0. The van der Waals surface area contributed by atoms with Crippen molar-refractivity contribution in [2.24, 2.45) is 5.92 Å². The molecule has 0 spiro atoms. The topological polar surface area (TPSA) is 40.5 Å². The van der Waals surface area contributed by atoms with E-state index < -0.39 is 11.9 Å². The molecule has 116 valence electrons. The van der Waals surface area contributed by atoms with Gasteiger partial charge in [0.1, 0.15) is 0 Å². The van der Waals surface area contributed by atoms with E-state index in [4.69, 9.17) is 0 Å². The van der Waals surface area contributed by atoms with E-state index >= 15 is 0 Å². The van der Waals surface area contributed by atoms with Gasteiger partial charge in [-0.2, -0.15) is 0 Å². The number of likely N-dealkylation sites (N-methyl/N-ethyl adjacent to an activating group) is 1. The fourth-order valence-electron chi connectivity index (χ4n) is 3.44. The first-order valence-electron chi connectivity index (χ1n) is 8.09. The van der Waals surface area contributed by atoms with Crippen molar-refractivity contribution in [1.29, 1.82) is 0 Å². The van der Waals surface area contributed by atoms with Crippen LogP contribution in [0.5, 0.6) is 0 Å². The normalized spacial score (nSPS) is 24.0. The third kappa shape index (κ3) is 4.31. The van der Waals surface area contributed by atoms with Crippen LogP contribution in [0.25, 0.3) is 0 Å². The second-order valence-electron chi connectivity index (χ2n) is 6.32. The first kappa shape index (κ1) is 16.0. The van der Waals surface area contributed by atoms with Gasteiger partial charge in [0.2, 0.25) is 0 Å². The van der Waals surface area contributed by atoms with E-state index in [2.05, 4.69) is 18.9 Å². The Morgan fingerprint density at radius 1 is 1.24 bits per heavy atom. The SMILES string of the molecule is CCC1CCC(N(C)CC(C(=O)O)c2ccccc2)CC1. The predicted molar refractivity (Wildman–Crippen MR) is 85.5 cm³/mol. The highest BCUT2D eigenvalue weighted by molar-refractivity contribution is 5.76. The van der Waals surface area contributed by atoms with Gasteiger partial charge in [-0.25, -0.2) is 0 Å². The van der Waals surface area contributed by atoms with Crippen molar-refractivity contribution in [2.75, 3.05) is 13.6 Å². The molecule has 21 heavy (non-hydrogen) atoms. The second-order valence-corrected chi connectivity index (χ2v) is 6.32. The van der Waals surface area contributed by atoms with Crippen molar-refractivity contribution in [2.45, 2.75) is 51.0 Å². The third-order valence-corrected chi connectivity index (χ3v) is 4.99. The summed E-state index contributed by atoms with van der Waals surface area (Å²) in [5, 5.41) is 9.53. The number of rotatable bonds is 6. The van der Waals surface area contributed by atoms with Crippen LogP contribution in [-0.2, 0) is 4.79 Å². The Balaban J connectivity index is 1.96. The van der Waals surface area contributed by atoms with Crippen molar-refractivity contribution in [3.05, 3.63) is 35.9 Å². The molecule has 1 aliphatic carbocycles. The second kappa shape index (κ2) is 7.60. The monoisotopic (exact) mass is 289 g/mol. The molecule has 1 aliphatic rings. The van der Waals surface area contributed by atoms with E-state index in [-0.39, 0.29) is 0 Å².